The van der Waals surface area contributed by atoms with E-state index in [1.807, 2.05) is 6.08 Å². The number of nitrogens with one attached hydrogen (secondary N) is 1. The van der Waals surface area contributed by atoms with E-state index in [1.165, 1.54) is 173 Å². The van der Waals surface area contributed by atoms with Crippen LogP contribution >= 0.6 is 0 Å². The summed E-state index contributed by atoms with van der Waals surface area (Å²) in [5.41, 5.74) is 0. The summed E-state index contributed by atoms with van der Waals surface area (Å²) < 4.78 is 11.3. The number of ether oxygens (including phenoxy) is 2. The van der Waals surface area contributed by atoms with E-state index in [4.69, 9.17) is 9.47 Å². The van der Waals surface area contributed by atoms with Gasteiger partial charge in [-0.3, -0.25) is 4.79 Å². The lowest BCUT2D eigenvalue weighted by Gasteiger charge is -2.40. The van der Waals surface area contributed by atoms with E-state index >= 15 is 0 Å². The van der Waals surface area contributed by atoms with E-state index in [2.05, 4.69) is 43.5 Å². The Hall–Kier alpha value is -1.59. The fraction of sp³-hybridized carbons (Fsp3) is 0.870. The Labute approximate surface area is 387 Å². The Balaban J connectivity index is 2.26. The van der Waals surface area contributed by atoms with E-state index in [9.17, 15) is 30.3 Å². The molecule has 7 unspecified atom stereocenters. The van der Waals surface area contributed by atoms with Crippen molar-refractivity contribution >= 4 is 5.91 Å². The predicted octanol–water partition coefficient (Wildman–Crippen LogP) is 12.4. The van der Waals surface area contributed by atoms with Crippen molar-refractivity contribution in [3.05, 3.63) is 36.5 Å². The van der Waals surface area contributed by atoms with E-state index in [-0.39, 0.29) is 12.5 Å². The van der Waals surface area contributed by atoms with Gasteiger partial charge in [0.2, 0.25) is 5.91 Å². The molecular formula is C54H101NO8. The van der Waals surface area contributed by atoms with Gasteiger partial charge in [-0.2, -0.15) is 0 Å². The minimum Gasteiger partial charge on any atom is -0.394 e. The molecule has 0 saturated carbocycles. The fourth-order valence-corrected chi connectivity index (χ4v) is 8.49. The van der Waals surface area contributed by atoms with Crippen molar-refractivity contribution in [3.63, 3.8) is 0 Å². The van der Waals surface area contributed by atoms with Crippen molar-refractivity contribution < 1.29 is 39.8 Å². The second kappa shape index (κ2) is 44.3. The van der Waals surface area contributed by atoms with Crippen molar-refractivity contribution in [1.82, 2.24) is 5.32 Å². The summed E-state index contributed by atoms with van der Waals surface area (Å²) in [5, 5.41) is 54.4. The number of allylic oxidation sites excluding steroid dienone is 5. The molecule has 1 aliphatic heterocycles. The Morgan fingerprint density at radius 1 is 0.556 bits per heavy atom. The highest BCUT2D eigenvalue weighted by Gasteiger charge is 2.44. The molecule has 0 radical (unpaired) electrons. The monoisotopic (exact) mass is 892 g/mol. The lowest BCUT2D eigenvalue weighted by atomic mass is 9.99. The highest BCUT2D eigenvalue weighted by Crippen LogP contribution is 2.23. The van der Waals surface area contributed by atoms with Crippen LogP contribution in [-0.2, 0) is 14.3 Å². The SMILES string of the molecule is CC/C=C\C/C=C\CCCCCCCCCCCCCCCCC(=O)NC(COC1OC(CO)C(O)C(O)C1O)C(O)/C=C/CCCCCCCCCCCCCCCCCCC. The average Bonchev–Trinajstić information content (AvgIpc) is 3.28. The smallest absolute Gasteiger partial charge is 0.220 e. The Morgan fingerprint density at radius 2 is 0.984 bits per heavy atom. The Kier molecular flexibility index (Phi) is 41.7. The highest BCUT2D eigenvalue weighted by atomic mass is 16.7. The largest absolute Gasteiger partial charge is 0.394 e. The molecule has 1 aliphatic rings. The third-order valence-electron chi connectivity index (χ3n) is 12.7. The highest BCUT2D eigenvalue weighted by molar-refractivity contribution is 5.76. The van der Waals surface area contributed by atoms with Crippen LogP contribution in [0.25, 0.3) is 0 Å². The van der Waals surface area contributed by atoms with Gasteiger partial charge in [0.15, 0.2) is 6.29 Å². The lowest BCUT2D eigenvalue weighted by molar-refractivity contribution is -0.302. The first-order valence-corrected chi connectivity index (χ1v) is 26.7. The molecule has 0 aromatic carbocycles. The number of rotatable bonds is 45. The van der Waals surface area contributed by atoms with Crippen LogP contribution in [0.3, 0.4) is 0 Å². The van der Waals surface area contributed by atoms with Crippen molar-refractivity contribution in [2.24, 2.45) is 0 Å². The standard InChI is InChI=1S/C54H101NO8/c1-3-5-7-9-11-13-15-17-19-21-23-24-26-28-30-32-34-36-38-40-42-44-50(58)55-47(46-62-54-53(61)52(60)51(59)49(45-56)63-54)48(57)43-41-39-37-35-33-31-29-27-25-22-20-18-16-14-12-10-8-6-4-2/h5,7,11,13,41,43,47-49,51-54,56-57,59-61H,3-4,6,8-10,12,14-40,42,44-46H2,1-2H3,(H,55,58)/b7-5-,13-11-,43-41+. The molecule has 0 aliphatic carbocycles. The Morgan fingerprint density at radius 3 is 1.44 bits per heavy atom. The topological polar surface area (TPSA) is 149 Å². The molecule has 0 spiro atoms. The van der Waals surface area contributed by atoms with Crippen LogP contribution in [0.5, 0.6) is 0 Å². The number of hydrogen-bond donors (Lipinski definition) is 6. The van der Waals surface area contributed by atoms with Crippen molar-refractivity contribution in [2.45, 2.75) is 288 Å². The number of aliphatic hydroxyl groups is 5. The van der Waals surface area contributed by atoms with Gasteiger partial charge in [-0.25, -0.2) is 0 Å². The van der Waals surface area contributed by atoms with Gasteiger partial charge in [-0.1, -0.05) is 230 Å². The molecule has 1 saturated heterocycles. The van der Waals surface area contributed by atoms with Crippen LogP contribution in [0.4, 0.5) is 0 Å². The normalized spacial score (nSPS) is 20.4. The average molecular weight is 892 g/mol. The first-order valence-electron chi connectivity index (χ1n) is 26.7. The third kappa shape index (κ3) is 34.4. The first kappa shape index (κ1) is 59.4. The summed E-state index contributed by atoms with van der Waals surface area (Å²) in [5.74, 6) is -0.176. The minimum absolute atomic E-state index is 0.176. The molecular weight excluding hydrogens is 791 g/mol. The summed E-state index contributed by atoms with van der Waals surface area (Å²) in [6.45, 7) is 3.70. The van der Waals surface area contributed by atoms with Gasteiger partial charge in [-0.15, -0.1) is 0 Å². The van der Waals surface area contributed by atoms with Gasteiger partial charge >= 0.3 is 0 Å². The van der Waals surface area contributed by atoms with Gasteiger partial charge in [-0.05, 0) is 44.9 Å². The van der Waals surface area contributed by atoms with Crippen molar-refractivity contribution in [2.75, 3.05) is 13.2 Å². The molecule has 9 heteroatoms. The van der Waals surface area contributed by atoms with Gasteiger partial charge in [0.25, 0.3) is 0 Å². The van der Waals surface area contributed by atoms with E-state index in [0.717, 1.165) is 51.4 Å². The van der Waals surface area contributed by atoms with Gasteiger partial charge in [0, 0.05) is 6.42 Å². The van der Waals surface area contributed by atoms with Crippen LogP contribution in [0.1, 0.15) is 245 Å². The van der Waals surface area contributed by atoms with Crippen LogP contribution < -0.4 is 5.32 Å². The number of aliphatic hydroxyl groups excluding tert-OH is 5. The first-order chi connectivity index (χ1) is 30.8. The number of carbonyl (C=O) groups is 1. The molecule has 0 aromatic heterocycles. The molecule has 1 heterocycles. The summed E-state index contributed by atoms with van der Waals surface area (Å²) in [6.07, 6.45) is 49.1. The molecule has 1 fully saturated rings. The lowest BCUT2D eigenvalue weighted by Crippen LogP contribution is -2.60. The van der Waals surface area contributed by atoms with Crippen molar-refractivity contribution in [1.29, 1.82) is 0 Å². The maximum absolute atomic E-state index is 13.0. The fourth-order valence-electron chi connectivity index (χ4n) is 8.49. The van der Waals surface area contributed by atoms with Crippen LogP contribution in [-0.4, -0.2) is 87.5 Å². The molecule has 1 amide bonds. The minimum atomic E-state index is -1.57. The summed E-state index contributed by atoms with van der Waals surface area (Å²) in [4.78, 5) is 13.0. The quantitative estimate of drug-likeness (QED) is 0.0261. The molecule has 0 bridgehead atoms. The molecule has 9 nitrogen and oxygen atoms in total. The number of hydrogen-bond acceptors (Lipinski definition) is 8. The zero-order valence-electron chi connectivity index (χ0n) is 40.8. The summed E-state index contributed by atoms with van der Waals surface area (Å²) in [6, 6.07) is -0.804. The Bertz CT molecular complexity index is 1080. The van der Waals surface area contributed by atoms with Crippen LogP contribution in [0, 0.1) is 0 Å². The molecule has 0 aromatic rings. The van der Waals surface area contributed by atoms with E-state index < -0.39 is 49.5 Å². The number of carbonyl (C=O) groups excluding carboxylic acids is 1. The number of amides is 1. The van der Waals surface area contributed by atoms with Crippen molar-refractivity contribution in [3.8, 4) is 0 Å². The molecule has 6 N–H and O–H groups in total. The zero-order chi connectivity index (χ0) is 45.9. The maximum Gasteiger partial charge on any atom is 0.220 e. The van der Waals surface area contributed by atoms with Gasteiger partial charge in [0.05, 0.1) is 25.4 Å². The third-order valence-corrected chi connectivity index (χ3v) is 12.7. The maximum atomic E-state index is 13.0. The predicted molar refractivity (Wildman–Crippen MR) is 263 cm³/mol. The second-order valence-electron chi connectivity index (χ2n) is 18.6. The molecule has 1 rings (SSSR count). The number of unbranched alkanes of at least 4 members (excludes halogenated alkanes) is 31. The molecule has 63 heavy (non-hydrogen) atoms. The van der Waals surface area contributed by atoms with Crippen LogP contribution in [0.15, 0.2) is 36.5 Å². The summed E-state index contributed by atoms with van der Waals surface area (Å²) >= 11 is 0. The van der Waals surface area contributed by atoms with E-state index in [0.29, 0.717) is 6.42 Å². The van der Waals surface area contributed by atoms with Gasteiger partial charge < -0.3 is 40.3 Å². The molecule has 7 atom stereocenters. The summed E-state index contributed by atoms with van der Waals surface area (Å²) in [7, 11) is 0. The second-order valence-corrected chi connectivity index (χ2v) is 18.6. The zero-order valence-corrected chi connectivity index (χ0v) is 40.8. The van der Waals surface area contributed by atoms with Crippen LogP contribution in [0.2, 0.25) is 0 Å². The van der Waals surface area contributed by atoms with Gasteiger partial charge in [0.1, 0.15) is 24.4 Å². The molecule has 370 valence electrons. The van der Waals surface area contributed by atoms with E-state index in [1.54, 1.807) is 6.08 Å².